The fourth-order valence-corrected chi connectivity index (χ4v) is 10.2. The predicted molar refractivity (Wildman–Crippen MR) is 384 cm³/mol. The molecule has 10 rings (SSSR count). The van der Waals surface area contributed by atoms with Crippen molar-refractivity contribution in [3.63, 3.8) is 0 Å². The molecule has 8 nitrogen and oxygen atoms in total. The molecule has 0 N–H and O–H groups in total. The Bertz CT molecular complexity index is 3590. The van der Waals surface area contributed by atoms with E-state index in [2.05, 4.69) is 219 Å². The topological polar surface area (TPSA) is 82.9 Å². The van der Waals surface area contributed by atoms with E-state index in [1.165, 1.54) is 52.5 Å². The SMILES string of the molecule is C/C(=N\N=[C-]c1cc(C)ccc1C)c1cc2ccccc2s1.CC.CC.CC.CC.CC.CC.CC.CC.Cc1ccc(C)c([C-]=N/N=c2\sc3ccccc3n2C)c1.Cc1ccc(C)c([C-]=NN(C)c2nc3ccc4ccccc4c3s2)c1.[Y].[Y].[Y]. The largest absolute Gasteiger partial charge is 0.318 e. The fraction of sp³-hybridized carbons (Fsp3) is 0.342. The molecule has 0 atom stereocenters. The minimum absolute atomic E-state index is 0. The number of thiazole rings is 2. The summed E-state index contributed by atoms with van der Waals surface area (Å²) in [7, 11) is 3.92. The Balaban J connectivity index is -0.000000524. The van der Waals surface area contributed by atoms with Crippen LogP contribution in [0.1, 0.15) is 173 Å². The maximum atomic E-state index is 4.73. The van der Waals surface area contributed by atoms with E-state index in [1.54, 1.807) is 39.0 Å². The summed E-state index contributed by atoms with van der Waals surface area (Å²) in [6.45, 7) is 46.4. The second kappa shape index (κ2) is 52.9. The molecule has 3 radical (unpaired) electrons. The van der Waals surface area contributed by atoms with Crippen molar-refractivity contribution < 1.29 is 98.1 Å². The van der Waals surface area contributed by atoms with Gasteiger partial charge in [0.2, 0.25) is 9.93 Å². The molecule has 14 heteroatoms. The monoisotopic (exact) mass is 1450 g/mol. The summed E-state index contributed by atoms with van der Waals surface area (Å²) in [5.41, 5.74) is 13.2. The number of hydrogen-bond donors (Lipinski definition) is 0. The van der Waals surface area contributed by atoms with Gasteiger partial charge in [0.05, 0.1) is 31.0 Å². The van der Waals surface area contributed by atoms with E-state index < -0.39 is 0 Å². The zero-order valence-electron chi connectivity index (χ0n) is 57.4. The molecular weight excluding hydrogens is 1350 g/mol. The number of nitrogens with zero attached hydrogens (tertiary/aromatic N) is 8. The zero-order chi connectivity index (χ0) is 63.7. The van der Waals surface area contributed by atoms with Crippen molar-refractivity contribution in [1.82, 2.24) is 9.55 Å². The number of rotatable bonds is 8. The van der Waals surface area contributed by atoms with Crippen LogP contribution in [0, 0.1) is 41.5 Å². The third kappa shape index (κ3) is 29.3. The van der Waals surface area contributed by atoms with E-state index in [1.807, 2.05) is 148 Å². The Hall–Kier alpha value is -3.87. The maximum absolute atomic E-state index is 4.73. The molecule has 3 aromatic heterocycles. The average Bonchev–Trinajstić information content (AvgIpc) is 1.97. The molecule has 0 bridgehead atoms. The van der Waals surface area contributed by atoms with Gasteiger partial charge in [-0.25, -0.2) is 20.3 Å². The van der Waals surface area contributed by atoms with Crippen molar-refractivity contribution in [2.45, 2.75) is 159 Å². The van der Waals surface area contributed by atoms with Crippen LogP contribution in [0.3, 0.4) is 0 Å². The van der Waals surface area contributed by atoms with E-state index in [0.29, 0.717) is 0 Å². The van der Waals surface area contributed by atoms with Crippen LogP contribution in [0.15, 0.2) is 171 Å². The molecule has 0 aliphatic rings. The standard InChI is InChI=1S/C21H18N3S.C19H17N2S.C17H16N3S.8C2H6.3Y/c1-14-8-9-15(2)17(12-14)13-22-24(3)21-23-19-11-10-16-6-4-5-7-18(16)20(19)25-21;1-13-8-9-14(2)17(10-13)12-20-21-15(3)19-11-16-6-4-5-7-18(16)22-19;1-12-8-9-13(2)14(10-12)11-18-19-17-20(3)15-6-4-5-7-16(15)21-17;8*1-2;;;/h4-12H,1-3H3;4-11H,1-3H3;4-10H,1-3H3;8*1-2H3;;;/q3*-1;;;;;;;;;;;/b;21-15+;19-17-;;;;;;;;;;;. The molecule has 0 saturated heterocycles. The second-order valence-electron chi connectivity index (χ2n) is 16.6. The van der Waals surface area contributed by atoms with Crippen molar-refractivity contribution in [2.24, 2.45) is 32.6 Å². The predicted octanol–water partition coefficient (Wildman–Crippen LogP) is 22.5. The third-order valence-electron chi connectivity index (χ3n) is 11.2. The number of aromatic nitrogens is 2. The van der Waals surface area contributed by atoms with Gasteiger partial charge in [0.25, 0.3) is 0 Å². The first-order chi connectivity index (χ1) is 40.9. The van der Waals surface area contributed by atoms with Crippen LogP contribution in [-0.2, 0) is 105 Å². The average molecular weight is 1450 g/mol. The number of hydrogen-bond acceptors (Lipinski definition) is 10. The van der Waals surface area contributed by atoms with Crippen LogP contribution in [0.25, 0.3) is 41.3 Å². The van der Waals surface area contributed by atoms with Gasteiger partial charge in [-0.3, -0.25) is 5.01 Å². The molecule has 7 aromatic carbocycles. The summed E-state index contributed by atoms with van der Waals surface area (Å²) in [4.78, 5) is 6.74. The zero-order valence-corrected chi connectivity index (χ0v) is 68.4. The Morgan fingerprint density at radius 1 is 0.471 bits per heavy atom. The van der Waals surface area contributed by atoms with Crippen LogP contribution >= 0.6 is 34.0 Å². The summed E-state index contributed by atoms with van der Waals surface area (Å²) in [6, 6.07) is 50.1. The van der Waals surface area contributed by atoms with Crippen LogP contribution in [0.5, 0.6) is 0 Å². The molecule has 0 unspecified atom stereocenters. The fourth-order valence-electron chi connectivity index (χ4n) is 7.19. The minimum Gasteiger partial charge on any atom is -0.318 e. The molecule has 10 aromatic rings. The Morgan fingerprint density at radius 3 is 1.43 bits per heavy atom. The van der Waals surface area contributed by atoms with Gasteiger partial charge in [-0.1, -0.05) is 254 Å². The van der Waals surface area contributed by atoms with Crippen molar-refractivity contribution in [2.75, 3.05) is 12.1 Å². The van der Waals surface area contributed by atoms with Gasteiger partial charge in [-0.2, -0.15) is 56.7 Å². The molecule has 0 aliphatic carbocycles. The minimum atomic E-state index is 0. The van der Waals surface area contributed by atoms with E-state index >= 15 is 0 Å². The Kier molecular flexibility index (Phi) is 54.4. The molecule has 461 valence electrons. The van der Waals surface area contributed by atoms with Crippen molar-refractivity contribution in [3.05, 3.63) is 205 Å². The molecule has 0 aliphatic heterocycles. The Labute approximate surface area is 614 Å². The van der Waals surface area contributed by atoms with Gasteiger partial charge < -0.3 is 4.57 Å². The molecule has 0 saturated carbocycles. The third-order valence-corrected chi connectivity index (χ3v) is 14.7. The van der Waals surface area contributed by atoms with Gasteiger partial charge in [0.1, 0.15) is 0 Å². The van der Waals surface area contributed by atoms with E-state index in [4.69, 9.17) is 4.98 Å². The number of para-hydroxylation sites is 1. The summed E-state index contributed by atoms with van der Waals surface area (Å²) in [6.07, 6.45) is 9.21. The van der Waals surface area contributed by atoms with Gasteiger partial charge in [0.15, 0.2) is 0 Å². The van der Waals surface area contributed by atoms with Gasteiger partial charge >= 0.3 is 0 Å². The summed E-state index contributed by atoms with van der Waals surface area (Å²) in [5.74, 6) is 0. The van der Waals surface area contributed by atoms with Crippen LogP contribution in [0.2, 0.25) is 0 Å². The smallest absolute Gasteiger partial charge is 0.210 e. The maximum Gasteiger partial charge on any atom is 0.210 e. The van der Waals surface area contributed by atoms with Gasteiger partial charge in [-0.05, 0) is 66.7 Å². The quantitative estimate of drug-likeness (QED) is 0.0863. The van der Waals surface area contributed by atoms with E-state index in [9.17, 15) is 0 Å². The van der Waals surface area contributed by atoms with E-state index in [0.717, 1.165) is 59.4 Å². The molecule has 0 fully saturated rings. The van der Waals surface area contributed by atoms with Gasteiger partial charge in [-0.15, -0.1) is 51.3 Å². The van der Waals surface area contributed by atoms with E-state index in [-0.39, 0.29) is 98.1 Å². The number of hydrazone groups is 1. The molecule has 0 amide bonds. The summed E-state index contributed by atoms with van der Waals surface area (Å²) < 4.78 is 5.73. The number of benzene rings is 7. The van der Waals surface area contributed by atoms with Crippen molar-refractivity contribution >= 4 is 105 Å². The Morgan fingerprint density at radius 2 is 0.920 bits per heavy atom. The first-order valence-electron chi connectivity index (χ1n) is 30.1. The first-order valence-corrected chi connectivity index (χ1v) is 32.6. The van der Waals surface area contributed by atoms with Crippen molar-refractivity contribution in [1.29, 1.82) is 0 Å². The van der Waals surface area contributed by atoms with Crippen LogP contribution in [-0.4, -0.2) is 41.0 Å². The number of anilines is 1. The summed E-state index contributed by atoms with van der Waals surface area (Å²) >= 11 is 5.03. The van der Waals surface area contributed by atoms with Gasteiger partial charge in [0, 0.05) is 122 Å². The summed E-state index contributed by atoms with van der Waals surface area (Å²) in [5, 5.41) is 27.7. The molecule has 3 heterocycles. The number of aryl methyl sites for hydroxylation is 7. The molecule has 0 spiro atoms. The first kappa shape index (κ1) is 89.6. The number of thiophene rings is 1. The van der Waals surface area contributed by atoms with Crippen LogP contribution < -0.4 is 9.81 Å². The van der Waals surface area contributed by atoms with Crippen molar-refractivity contribution in [3.8, 4) is 0 Å². The molecular formula is C73H99N8S3Y3-3. The normalized spacial score (nSPS) is 10.1. The molecule has 87 heavy (non-hydrogen) atoms. The van der Waals surface area contributed by atoms with Crippen LogP contribution in [0.4, 0.5) is 5.13 Å². The second-order valence-corrected chi connectivity index (χ2v) is 19.7. The number of fused-ring (bicyclic) bond motifs is 5.